The van der Waals surface area contributed by atoms with Gasteiger partial charge in [-0.05, 0) is 13.8 Å². The van der Waals surface area contributed by atoms with Crippen LogP contribution in [-0.2, 0) is 9.53 Å². The molecule has 0 aliphatic carbocycles. The second-order valence-corrected chi connectivity index (χ2v) is 3.48. The summed E-state index contributed by atoms with van der Waals surface area (Å²) in [6.45, 7) is 8.11. The van der Waals surface area contributed by atoms with Gasteiger partial charge in [-0.1, -0.05) is 6.58 Å². The van der Waals surface area contributed by atoms with E-state index in [-0.39, 0.29) is 17.7 Å². The third kappa shape index (κ3) is 5.38. The summed E-state index contributed by atoms with van der Waals surface area (Å²) in [5, 5.41) is 11.5. The second kappa shape index (κ2) is 4.99. The Kier molecular flexibility index (Phi) is 4.66. The zero-order valence-electron chi connectivity index (χ0n) is 8.39. The van der Waals surface area contributed by atoms with E-state index in [2.05, 4.69) is 11.9 Å². The Morgan fingerprint density at radius 2 is 2.15 bits per heavy atom. The highest BCUT2D eigenvalue weighted by Gasteiger charge is 2.15. The van der Waals surface area contributed by atoms with Gasteiger partial charge in [0, 0.05) is 25.8 Å². The van der Waals surface area contributed by atoms with Crippen molar-refractivity contribution >= 4 is 5.97 Å². The van der Waals surface area contributed by atoms with Gasteiger partial charge in [-0.2, -0.15) is 0 Å². The number of carbonyl (C=O) groups is 1. The van der Waals surface area contributed by atoms with Crippen molar-refractivity contribution in [1.29, 1.82) is 0 Å². The maximum Gasteiger partial charge on any atom is 0.332 e. The summed E-state index contributed by atoms with van der Waals surface area (Å²) in [5.41, 5.74) is -0.120. The van der Waals surface area contributed by atoms with E-state index >= 15 is 0 Å². The number of carboxylic acid groups (broad SMARTS) is 1. The zero-order chi connectivity index (χ0) is 10.5. The fourth-order valence-electron chi connectivity index (χ4n) is 0.662. The summed E-state index contributed by atoms with van der Waals surface area (Å²) in [4.78, 5) is 10.4. The van der Waals surface area contributed by atoms with Crippen LogP contribution in [0.4, 0.5) is 0 Å². The number of hydrogen-bond acceptors (Lipinski definition) is 3. The van der Waals surface area contributed by atoms with Gasteiger partial charge in [0.2, 0.25) is 0 Å². The molecule has 0 unspecified atom stereocenters. The van der Waals surface area contributed by atoms with Crippen LogP contribution in [0.1, 0.15) is 13.8 Å². The van der Waals surface area contributed by atoms with Gasteiger partial charge >= 0.3 is 5.97 Å². The molecular weight excluding hydrogens is 170 g/mol. The second-order valence-electron chi connectivity index (χ2n) is 3.48. The first-order valence-electron chi connectivity index (χ1n) is 4.06. The average molecular weight is 187 g/mol. The highest BCUT2D eigenvalue weighted by molar-refractivity contribution is 5.86. The molecule has 4 nitrogen and oxygen atoms in total. The molecule has 0 aromatic heterocycles. The van der Waals surface area contributed by atoms with Gasteiger partial charge in [-0.25, -0.2) is 4.79 Å². The van der Waals surface area contributed by atoms with Crippen LogP contribution < -0.4 is 5.32 Å². The number of ether oxygens (including phenoxy) is 1. The van der Waals surface area contributed by atoms with Gasteiger partial charge in [-0.3, -0.25) is 0 Å². The maximum atomic E-state index is 10.4. The van der Waals surface area contributed by atoms with Crippen molar-refractivity contribution < 1.29 is 14.6 Å². The van der Waals surface area contributed by atoms with Crippen LogP contribution >= 0.6 is 0 Å². The first-order chi connectivity index (χ1) is 5.89. The van der Waals surface area contributed by atoms with Crippen LogP contribution in [0.2, 0.25) is 0 Å². The lowest BCUT2D eigenvalue weighted by Crippen LogP contribution is -2.38. The van der Waals surface area contributed by atoms with E-state index in [1.807, 2.05) is 13.8 Å². The molecule has 0 aliphatic rings. The fraction of sp³-hybridized carbons (Fsp3) is 0.667. The molecule has 76 valence electrons. The normalized spacial score (nSPS) is 11.3. The number of rotatable bonds is 6. The van der Waals surface area contributed by atoms with E-state index in [9.17, 15) is 4.79 Å². The van der Waals surface area contributed by atoms with Gasteiger partial charge in [0.05, 0.1) is 5.60 Å². The van der Waals surface area contributed by atoms with Crippen molar-refractivity contribution in [3.8, 4) is 0 Å². The molecular formula is C9H17NO3. The first kappa shape index (κ1) is 12.1. The van der Waals surface area contributed by atoms with Gasteiger partial charge in [0.15, 0.2) is 0 Å². The Hall–Kier alpha value is -0.870. The lowest BCUT2D eigenvalue weighted by atomic mass is 10.1. The minimum atomic E-state index is -0.970. The Morgan fingerprint density at radius 3 is 2.54 bits per heavy atom. The largest absolute Gasteiger partial charge is 0.478 e. The fourth-order valence-corrected chi connectivity index (χ4v) is 0.662. The third-order valence-corrected chi connectivity index (χ3v) is 1.74. The van der Waals surface area contributed by atoms with Gasteiger partial charge in [0.25, 0.3) is 0 Å². The molecule has 0 spiro atoms. The van der Waals surface area contributed by atoms with Crippen molar-refractivity contribution in [2.75, 3.05) is 20.2 Å². The summed E-state index contributed by atoms with van der Waals surface area (Å²) < 4.78 is 5.14. The molecule has 0 fully saturated rings. The molecule has 0 atom stereocenters. The van der Waals surface area contributed by atoms with Gasteiger partial charge in [0.1, 0.15) is 0 Å². The van der Waals surface area contributed by atoms with E-state index < -0.39 is 5.97 Å². The topological polar surface area (TPSA) is 58.6 Å². The third-order valence-electron chi connectivity index (χ3n) is 1.74. The maximum absolute atomic E-state index is 10.4. The van der Waals surface area contributed by atoms with Crippen LogP contribution in [0.15, 0.2) is 12.2 Å². The Bertz CT molecular complexity index is 199. The van der Waals surface area contributed by atoms with Gasteiger partial charge in [-0.15, -0.1) is 0 Å². The van der Waals surface area contributed by atoms with Crippen LogP contribution in [0.5, 0.6) is 0 Å². The van der Waals surface area contributed by atoms with E-state index in [4.69, 9.17) is 9.84 Å². The summed E-state index contributed by atoms with van der Waals surface area (Å²) in [5.74, 6) is -0.970. The molecule has 0 saturated heterocycles. The summed E-state index contributed by atoms with van der Waals surface area (Å²) in [6, 6.07) is 0. The minimum Gasteiger partial charge on any atom is -0.478 e. The summed E-state index contributed by atoms with van der Waals surface area (Å²) in [6.07, 6.45) is 0. The van der Waals surface area contributed by atoms with Crippen molar-refractivity contribution in [1.82, 2.24) is 5.32 Å². The van der Waals surface area contributed by atoms with Crippen molar-refractivity contribution in [3.63, 3.8) is 0 Å². The molecule has 4 heteroatoms. The first-order valence-corrected chi connectivity index (χ1v) is 4.06. The highest BCUT2D eigenvalue weighted by Crippen LogP contribution is 2.04. The molecule has 0 bridgehead atoms. The van der Waals surface area contributed by atoms with E-state index in [0.29, 0.717) is 6.54 Å². The van der Waals surface area contributed by atoms with Crippen LogP contribution in [0, 0.1) is 0 Å². The highest BCUT2D eigenvalue weighted by atomic mass is 16.5. The molecule has 0 aliphatic heterocycles. The number of nitrogens with one attached hydrogen (secondary N) is 1. The molecule has 0 heterocycles. The Balaban J connectivity index is 3.68. The number of aliphatic carboxylic acids is 1. The predicted octanol–water partition coefficient (Wildman–Crippen LogP) is 0.642. The van der Waals surface area contributed by atoms with E-state index in [1.54, 1.807) is 7.11 Å². The Morgan fingerprint density at radius 1 is 1.62 bits per heavy atom. The molecule has 13 heavy (non-hydrogen) atoms. The average Bonchev–Trinajstić information content (AvgIpc) is 2.04. The standard InChI is InChI=1S/C9H17NO3/c1-7(8(11)12)5-10-6-9(2,3)13-4/h10H,1,5-6H2,2-4H3,(H,11,12). The van der Waals surface area contributed by atoms with Crippen molar-refractivity contribution in [2.24, 2.45) is 0 Å². The molecule has 0 saturated carbocycles. The van der Waals surface area contributed by atoms with Gasteiger partial charge < -0.3 is 15.2 Å². The van der Waals surface area contributed by atoms with E-state index in [0.717, 1.165) is 0 Å². The monoisotopic (exact) mass is 187 g/mol. The molecule has 0 amide bonds. The minimum absolute atomic E-state index is 0.159. The predicted molar refractivity (Wildman–Crippen MR) is 50.7 cm³/mol. The number of methoxy groups -OCH3 is 1. The quantitative estimate of drug-likeness (QED) is 0.599. The molecule has 0 radical (unpaired) electrons. The molecule has 0 aromatic carbocycles. The number of carboxylic acids is 1. The number of hydrogen-bond donors (Lipinski definition) is 2. The molecule has 2 N–H and O–H groups in total. The lowest BCUT2D eigenvalue weighted by Gasteiger charge is -2.23. The molecule has 0 rings (SSSR count). The van der Waals surface area contributed by atoms with Crippen molar-refractivity contribution in [3.05, 3.63) is 12.2 Å². The Labute approximate surface area is 78.6 Å². The smallest absolute Gasteiger partial charge is 0.332 e. The zero-order valence-corrected chi connectivity index (χ0v) is 8.39. The summed E-state index contributed by atoms with van der Waals surface area (Å²) >= 11 is 0. The SMILES string of the molecule is C=C(CNCC(C)(C)OC)C(=O)O. The molecule has 0 aromatic rings. The van der Waals surface area contributed by atoms with E-state index in [1.165, 1.54) is 0 Å². The lowest BCUT2D eigenvalue weighted by molar-refractivity contribution is -0.132. The summed E-state index contributed by atoms with van der Waals surface area (Å²) in [7, 11) is 1.62. The van der Waals surface area contributed by atoms with Crippen LogP contribution in [0.25, 0.3) is 0 Å². The van der Waals surface area contributed by atoms with Crippen LogP contribution in [0.3, 0.4) is 0 Å². The van der Waals surface area contributed by atoms with Crippen LogP contribution in [-0.4, -0.2) is 36.9 Å². The van der Waals surface area contributed by atoms with Crippen molar-refractivity contribution in [2.45, 2.75) is 19.4 Å².